The quantitative estimate of drug-likeness (QED) is 0.638. The zero-order valence-corrected chi connectivity index (χ0v) is 7.21. The van der Waals surface area contributed by atoms with Gasteiger partial charge in [0.25, 0.3) is 0 Å². The smallest absolute Gasteiger partial charge is 0.244 e. The van der Waals surface area contributed by atoms with Crippen molar-refractivity contribution < 1.29 is 9.53 Å². The molecule has 1 heterocycles. The van der Waals surface area contributed by atoms with Crippen molar-refractivity contribution in [3.8, 4) is 0 Å². The molecule has 0 aliphatic carbocycles. The van der Waals surface area contributed by atoms with Gasteiger partial charge >= 0.3 is 0 Å². The summed E-state index contributed by atoms with van der Waals surface area (Å²) in [6, 6.07) is 0. The Morgan fingerprint density at radius 1 is 1.67 bits per heavy atom. The van der Waals surface area contributed by atoms with E-state index < -0.39 is 5.91 Å². The first-order chi connectivity index (χ1) is 5.70. The molecule has 1 aliphatic rings. The van der Waals surface area contributed by atoms with Crippen molar-refractivity contribution in [3.63, 3.8) is 0 Å². The van der Waals surface area contributed by atoms with Gasteiger partial charge in [-0.05, 0) is 25.7 Å². The Kier molecular flexibility index (Phi) is 3.29. The average Bonchev–Trinajstić information content (AvgIpc) is 2.51. The number of nitrogens with two attached hydrogens (primary N) is 1. The molecule has 0 aromatic rings. The molecule has 3 nitrogen and oxygen atoms in total. The van der Waals surface area contributed by atoms with Gasteiger partial charge in [0.15, 0.2) is 0 Å². The monoisotopic (exact) mass is 169 g/mol. The minimum absolute atomic E-state index is 0.320. The molecule has 0 bridgehead atoms. The van der Waals surface area contributed by atoms with E-state index in [1.165, 1.54) is 0 Å². The van der Waals surface area contributed by atoms with Crippen LogP contribution in [0.3, 0.4) is 0 Å². The van der Waals surface area contributed by atoms with E-state index in [9.17, 15) is 4.79 Å². The van der Waals surface area contributed by atoms with Crippen LogP contribution in [0.2, 0.25) is 0 Å². The molecule has 3 heteroatoms. The highest BCUT2D eigenvalue weighted by atomic mass is 16.5. The first kappa shape index (κ1) is 9.26. The Labute approximate surface area is 72.6 Å². The fraction of sp³-hybridized carbons (Fsp3) is 0.667. The second-order valence-electron chi connectivity index (χ2n) is 3.14. The molecule has 1 saturated heterocycles. The summed E-state index contributed by atoms with van der Waals surface area (Å²) in [6.07, 6.45) is 4.10. The standard InChI is InChI=1S/C9H15NO2/c1-7(9(10)11)4-5-8-3-2-6-12-8/h8H,1-6H2,(H2,10,11). The molecule has 12 heavy (non-hydrogen) atoms. The van der Waals surface area contributed by atoms with Crippen LogP contribution in [0, 0.1) is 0 Å². The predicted molar refractivity (Wildman–Crippen MR) is 46.5 cm³/mol. The van der Waals surface area contributed by atoms with Gasteiger partial charge < -0.3 is 10.5 Å². The highest BCUT2D eigenvalue weighted by molar-refractivity contribution is 5.91. The molecule has 1 atom stereocenters. The lowest BCUT2D eigenvalue weighted by atomic mass is 10.1. The van der Waals surface area contributed by atoms with Crippen LogP contribution in [-0.2, 0) is 9.53 Å². The molecular formula is C9H15NO2. The number of hydrogen-bond donors (Lipinski definition) is 1. The number of rotatable bonds is 4. The van der Waals surface area contributed by atoms with E-state index in [0.29, 0.717) is 18.1 Å². The second-order valence-corrected chi connectivity index (χ2v) is 3.14. The minimum atomic E-state index is -0.395. The third-order valence-electron chi connectivity index (χ3n) is 2.14. The summed E-state index contributed by atoms with van der Waals surface area (Å²) in [5.74, 6) is -0.395. The van der Waals surface area contributed by atoms with Crippen LogP contribution in [0.25, 0.3) is 0 Å². The van der Waals surface area contributed by atoms with Crippen molar-refractivity contribution in [1.29, 1.82) is 0 Å². The maximum Gasteiger partial charge on any atom is 0.244 e. The summed E-state index contributed by atoms with van der Waals surface area (Å²) in [6.45, 7) is 4.44. The molecule has 0 aromatic carbocycles. The van der Waals surface area contributed by atoms with Crippen LogP contribution < -0.4 is 5.73 Å². The predicted octanol–water partition coefficient (Wildman–Crippen LogP) is 0.987. The van der Waals surface area contributed by atoms with Crippen LogP contribution in [-0.4, -0.2) is 18.6 Å². The average molecular weight is 169 g/mol. The van der Waals surface area contributed by atoms with Gasteiger partial charge in [0.05, 0.1) is 6.10 Å². The summed E-state index contributed by atoms with van der Waals surface area (Å²) in [7, 11) is 0. The third-order valence-corrected chi connectivity index (χ3v) is 2.14. The van der Waals surface area contributed by atoms with Gasteiger partial charge in [-0.1, -0.05) is 6.58 Å². The molecule has 1 aliphatic heterocycles. The largest absolute Gasteiger partial charge is 0.378 e. The first-order valence-corrected chi connectivity index (χ1v) is 4.29. The molecule has 0 spiro atoms. The molecule has 68 valence electrons. The van der Waals surface area contributed by atoms with E-state index in [1.54, 1.807) is 0 Å². The fourth-order valence-electron chi connectivity index (χ4n) is 1.33. The summed E-state index contributed by atoms with van der Waals surface area (Å²) in [4.78, 5) is 10.6. The summed E-state index contributed by atoms with van der Waals surface area (Å²) in [5.41, 5.74) is 5.55. The van der Waals surface area contributed by atoms with Crippen molar-refractivity contribution in [3.05, 3.63) is 12.2 Å². The maximum absolute atomic E-state index is 10.6. The highest BCUT2D eigenvalue weighted by Crippen LogP contribution is 2.18. The zero-order valence-electron chi connectivity index (χ0n) is 7.21. The summed E-state index contributed by atoms with van der Waals surface area (Å²) >= 11 is 0. The first-order valence-electron chi connectivity index (χ1n) is 4.29. The maximum atomic E-state index is 10.6. The molecule has 0 radical (unpaired) electrons. The molecule has 1 rings (SSSR count). The fourth-order valence-corrected chi connectivity index (χ4v) is 1.33. The third kappa shape index (κ3) is 2.66. The van der Waals surface area contributed by atoms with Gasteiger partial charge in [-0.15, -0.1) is 0 Å². The number of ether oxygens (including phenoxy) is 1. The van der Waals surface area contributed by atoms with Crippen LogP contribution in [0.4, 0.5) is 0 Å². The number of carbonyl (C=O) groups is 1. The Balaban J connectivity index is 2.16. The Bertz CT molecular complexity index is 183. The topological polar surface area (TPSA) is 52.3 Å². The normalized spacial score (nSPS) is 22.5. The number of primary amides is 1. The lowest BCUT2D eigenvalue weighted by Gasteiger charge is -2.08. The highest BCUT2D eigenvalue weighted by Gasteiger charge is 2.15. The van der Waals surface area contributed by atoms with Crippen LogP contribution >= 0.6 is 0 Å². The van der Waals surface area contributed by atoms with E-state index in [4.69, 9.17) is 10.5 Å². The van der Waals surface area contributed by atoms with Gasteiger partial charge in [0.1, 0.15) is 0 Å². The summed E-state index contributed by atoms with van der Waals surface area (Å²) < 4.78 is 5.39. The molecule has 1 fully saturated rings. The lowest BCUT2D eigenvalue weighted by Crippen LogP contribution is -2.15. The van der Waals surface area contributed by atoms with Crippen molar-refractivity contribution >= 4 is 5.91 Å². The second kappa shape index (κ2) is 4.26. The van der Waals surface area contributed by atoms with Gasteiger partial charge in [0, 0.05) is 12.2 Å². The minimum Gasteiger partial charge on any atom is -0.378 e. The van der Waals surface area contributed by atoms with Crippen molar-refractivity contribution in [2.75, 3.05) is 6.61 Å². The van der Waals surface area contributed by atoms with Crippen molar-refractivity contribution in [1.82, 2.24) is 0 Å². The number of amides is 1. The molecule has 1 unspecified atom stereocenters. The van der Waals surface area contributed by atoms with Gasteiger partial charge in [-0.3, -0.25) is 4.79 Å². The lowest BCUT2D eigenvalue weighted by molar-refractivity contribution is -0.114. The van der Waals surface area contributed by atoms with Crippen molar-refractivity contribution in [2.45, 2.75) is 31.8 Å². The van der Waals surface area contributed by atoms with E-state index in [1.807, 2.05) is 0 Å². The van der Waals surface area contributed by atoms with E-state index >= 15 is 0 Å². The van der Waals surface area contributed by atoms with Crippen molar-refractivity contribution in [2.24, 2.45) is 5.73 Å². The van der Waals surface area contributed by atoms with Crippen LogP contribution in [0.1, 0.15) is 25.7 Å². The molecular weight excluding hydrogens is 154 g/mol. The van der Waals surface area contributed by atoms with Crippen LogP contribution in [0.15, 0.2) is 12.2 Å². The molecule has 2 N–H and O–H groups in total. The van der Waals surface area contributed by atoms with Crippen LogP contribution in [0.5, 0.6) is 0 Å². The van der Waals surface area contributed by atoms with Gasteiger partial charge in [0.2, 0.25) is 5.91 Å². The summed E-state index contributed by atoms with van der Waals surface area (Å²) in [5, 5.41) is 0. The Morgan fingerprint density at radius 2 is 2.42 bits per heavy atom. The Hall–Kier alpha value is -0.830. The van der Waals surface area contributed by atoms with E-state index in [-0.39, 0.29) is 0 Å². The van der Waals surface area contributed by atoms with E-state index in [0.717, 1.165) is 25.9 Å². The SMILES string of the molecule is C=C(CCC1CCCO1)C(N)=O. The van der Waals surface area contributed by atoms with Gasteiger partial charge in [-0.25, -0.2) is 0 Å². The Morgan fingerprint density at radius 3 is 2.92 bits per heavy atom. The number of carbonyl (C=O) groups excluding carboxylic acids is 1. The zero-order chi connectivity index (χ0) is 8.97. The molecule has 0 aromatic heterocycles. The molecule has 0 saturated carbocycles. The van der Waals surface area contributed by atoms with E-state index in [2.05, 4.69) is 6.58 Å². The van der Waals surface area contributed by atoms with Gasteiger partial charge in [-0.2, -0.15) is 0 Å². The number of hydrogen-bond acceptors (Lipinski definition) is 2. The molecule has 1 amide bonds.